The summed E-state index contributed by atoms with van der Waals surface area (Å²) in [5.74, 6) is 0.433. The maximum atomic E-state index is 11.3. The minimum Gasteiger partial charge on any atom is -0.299 e. The van der Waals surface area contributed by atoms with Crippen LogP contribution in [0.25, 0.3) is 0 Å². The molecule has 2 aliphatic rings. The first-order chi connectivity index (χ1) is 5.38. The number of rotatable bonds is 0. The summed E-state index contributed by atoms with van der Waals surface area (Å²) in [7, 11) is 0. The zero-order chi connectivity index (χ0) is 7.68. The van der Waals surface area contributed by atoms with Crippen LogP contribution in [0.3, 0.4) is 0 Å². The molecule has 0 aromatic carbocycles. The Hall–Kier alpha value is -1.18. The van der Waals surface area contributed by atoms with E-state index in [1.54, 1.807) is 6.20 Å². The van der Waals surface area contributed by atoms with Gasteiger partial charge in [0.2, 0.25) is 0 Å². The Balaban J connectivity index is 2.36. The van der Waals surface area contributed by atoms with Gasteiger partial charge in [0.05, 0.1) is 0 Å². The van der Waals surface area contributed by atoms with Crippen LogP contribution in [0.4, 0.5) is 0 Å². The first-order valence-corrected chi connectivity index (χ1v) is 3.79. The van der Waals surface area contributed by atoms with Gasteiger partial charge in [-0.1, -0.05) is 12.2 Å². The molecule has 2 rings (SSSR count). The Kier molecular flexibility index (Phi) is 1.46. The second-order valence-electron chi connectivity index (χ2n) is 2.82. The predicted octanol–water partition coefficient (Wildman–Crippen LogP) is 1.49. The van der Waals surface area contributed by atoms with Crippen molar-refractivity contribution < 1.29 is 4.79 Å². The summed E-state index contributed by atoms with van der Waals surface area (Å²) in [5, 5.41) is 0. The van der Waals surface area contributed by atoms with E-state index in [4.69, 9.17) is 0 Å². The zero-order valence-corrected chi connectivity index (χ0v) is 6.16. The number of carbonyl (C=O) groups is 1. The fraction of sp³-hybridized carbons (Fsp3) is 0.333. The van der Waals surface area contributed by atoms with Gasteiger partial charge in [-0.3, -0.25) is 9.79 Å². The summed E-state index contributed by atoms with van der Waals surface area (Å²) in [5.41, 5.74) is 1.07. The van der Waals surface area contributed by atoms with E-state index in [9.17, 15) is 4.79 Å². The number of fused-ring (bicyclic) bond motifs is 1. The molecule has 0 spiro atoms. The van der Waals surface area contributed by atoms with Crippen LogP contribution in [-0.2, 0) is 4.79 Å². The van der Waals surface area contributed by atoms with E-state index in [0.717, 1.165) is 12.0 Å². The van der Waals surface area contributed by atoms with Crippen LogP contribution in [0.5, 0.6) is 0 Å². The molecule has 2 heteroatoms. The Morgan fingerprint density at radius 3 is 3.27 bits per heavy atom. The molecule has 1 aliphatic carbocycles. The van der Waals surface area contributed by atoms with Gasteiger partial charge < -0.3 is 0 Å². The van der Waals surface area contributed by atoms with E-state index in [-0.39, 0.29) is 5.92 Å². The molecule has 0 bridgehead atoms. The predicted molar refractivity (Wildman–Crippen MR) is 43.4 cm³/mol. The smallest absolute Gasteiger partial charge is 0.144 e. The average Bonchev–Trinajstić information content (AvgIpc) is 2.06. The van der Waals surface area contributed by atoms with Crippen molar-refractivity contribution in [3.8, 4) is 0 Å². The molecule has 0 N–H and O–H groups in total. The third kappa shape index (κ3) is 1.04. The van der Waals surface area contributed by atoms with Crippen molar-refractivity contribution in [3.63, 3.8) is 0 Å². The van der Waals surface area contributed by atoms with Gasteiger partial charge in [-0.05, 0) is 12.0 Å². The molecule has 0 aromatic heterocycles. The van der Waals surface area contributed by atoms with Gasteiger partial charge in [-0.15, -0.1) is 0 Å². The van der Waals surface area contributed by atoms with Gasteiger partial charge in [0.25, 0.3) is 0 Å². The van der Waals surface area contributed by atoms with Crippen molar-refractivity contribution in [2.45, 2.75) is 12.8 Å². The molecule has 0 saturated heterocycles. The lowest BCUT2D eigenvalue weighted by molar-refractivity contribution is -0.120. The minimum atomic E-state index is 0.109. The number of nitrogens with zero attached hydrogens (tertiary/aromatic N) is 1. The van der Waals surface area contributed by atoms with Crippen molar-refractivity contribution in [1.29, 1.82) is 0 Å². The molecule has 0 radical (unpaired) electrons. The Morgan fingerprint density at radius 1 is 1.55 bits per heavy atom. The zero-order valence-electron chi connectivity index (χ0n) is 6.16. The molecule has 0 aromatic rings. The molecule has 1 heterocycles. The summed E-state index contributed by atoms with van der Waals surface area (Å²) in [4.78, 5) is 15.3. The van der Waals surface area contributed by atoms with Crippen molar-refractivity contribution in [1.82, 2.24) is 0 Å². The van der Waals surface area contributed by atoms with Gasteiger partial charge in [0, 0.05) is 24.8 Å². The third-order valence-electron chi connectivity index (χ3n) is 2.09. The van der Waals surface area contributed by atoms with Crippen LogP contribution in [0.1, 0.15) is 12.8 Å². The van der Waals surface area contributed by atoms with Gasteiger partial charge in [0.15, 0.2) is 0 Å². The standard InChI is InChI=1S/C9H9NO/c11-9-3-1-2-7-6-10-5-4-8(7)9/h1-2,5-6,8H,3-4H2. The third-order valence-corrected chi connectivity index (χ3v) is 2.09. The minimum absolute atomic E-state index is 0.109. The average molecular weight is 147 g/mol. The topological polar surface area (TPSA) is 29.4 Å². The maximum absolute atomic E-state index is 11.3. The summed E-state index contributed by atoms with van der Waals surface area (Å²) in [6.45, 7) is 0. The number of allylic oxidation sites excluding steroid dienone is 3. The van der Waals surface area contributed by atoms with Crippen LogP contribution < -0.4 is 0 Å². The lowest BCUT2D eigenvalue weighted by Gasteiger charge is -2.19. The normalized spacial score (nSPS) is 28.2. The van der Waals surface area contributed by atoms with E-state index in [0.29, 0.717) is 12.2 Å². The number of aliphatic imine (C=N–C) groups is 1. The first-order valence-electron chi connectivity index (χ1n) is 3.79. The van der Waals surface area contributed by atoms with Crippen molar-refractivity contribution in [2.75, 3.05) is 0 Å². The SMILES string of the molecule is O=C1CC=CC2=CN=CCC12. The number of hydrogen-bond acceptors (Lipinski definition) is 2. The highest BCUT2D eigenvalue weighted by molar-refractivity contribution is 5.90. The highest BCUT2D eigenvalue weighted by Gasteiger charge is 2.23. The fourth-order valence-corrected chi connectivity index (χ4v) is 1.46. The number of ketones is 1. The maximum Gasteiger partial charge on any atom is 0.144 e. The first kappa shape index (κ1) is 6.53. The molecule has 11 heavy (non-hydrogen) atoms. The summed E-state index contributed by atoms with van der Waals surface area (Å²) >= 11 is 0. The van der Waals surface area contributed by atoms with Crippen LogP contribution in [0.2, 0.25) is 0 Å². The van der Waals surface area contributed by atoms with Crippen molar-refractivity contribution >= 4 is 12.0 Å². The summed E-state index contributed by atoms with van der Waals surface area (Å²) in [6, 6.07) is 0. The molecule has 1 atom stereocenters. The summed E-state index contributed by atoms with van der Waals surface area (Å²) in [6.07, 6.45) is 8.88. The number of carbonyl (C=O) groups excluding carboxylic acids is 1. The molecule has 1 unspecified atom stereocenters. The van der Waals surface area contributed by atoms with E-state index >= 15 is 0 Å². The molecule has 2 nitrogen and oxygen atoms in total. The van der Waals surface area contributed by atoms with Crippen LogP contribution in [0, 0.1) is 5.92 Å². The van der Waals surface area contributed by atoms with Crippen LogP contribution in [-0.4, -0.2) is 12.0 Å². The second kappa shape index (κ2) is 2.46. The quantitative estimate of drug-likeness (QED) is 0.510. The number of Topliss-reactive ketones (excluding diaryl/α,β-unsaturated/α-hetero) is 1. The largest absolute Gasteiger partial charge is 0.299 e. The Bertz CT molecular complexity index is 273. The lowest BCUT2D eigenvalue weighted by atomic mass is 9.85. The molecular formula is C9H9NO. The van der Waals surface area contributed by atoms with Gasteiger partial charge in [0.1, 0.15) is 5.78 Å². The van der Waals surface area contributed by atoms with Crippen molar-refractivity contribution in [2.24, 2.45) is 10.9 Å². The van der Waals surface area contributed by atoms with Gasteiger partial charge in [-0.2, -0.15) is 0 Å². The molecular weight excluding hydrogens is 138 g/mol. The fourth-order valence-electron chi connectivity index (χ4n) is 1.46. The highest BCUT2D eigenvalue weighted by atomic mass is 16.1. The van der Waals surface area contributed by atoms with E-state index in [1.807, 2.05) is 18.4 Å². The van der Waals surface area contributed by atoms with E-state index in [1.165, 1.54) is 0 Å². The van der Waals surface area contributed by atoms with Crippen LogP contribution >= 0.6 is 0 Å². The Labute approximate surface area is 65.3 Å². The monoisotopic (exact) mass is 147 g/mol. The Morgan fingerprint density at radius 2 is 2.45 bits per heavy atom. The molecule has 0 amide bonds. The summed E-state index contributed by atoms with van der Waals surface area (Å²) < 4.78 is 0. The number of hydrogen-bond donors (Lipinski definition) is 0. The molecule has 0 fully saturated rings. The van der Waals surface area contributed by atoms with E-state index in [2.05, 4.69) is 4.99 Å². The van der Waals surface area contributed by atoms with Crippen LogP contribution in [0.15, 0.2) is 28.9 Å². The van der Waals surface area contributed by atoms with Gasteiger partial charge >= 0.3 is 0 Å². The molecule has 0 saturated carbocycles. The van der Waals surface area contributed by atoms with Crippen molar-refractivity contribution in [3.05, 3.63) is 23.9 Å². The van der Waals surface area contributed by atoms with Gasteiger partial charge in [-0.25, -0.2) is 0 Å². The molecule has 1 aliphatic heterocycles. The molecule has 56 valence electrons. The van der Waals surface area contributed by atoms with E-state index < -0.39 is 0 Å². The second-order valence-corrected chi connectivity index (χ2v) is 2.82. The highest BCUT2D eigenvalue weighted by Crippen LogP contribution is 2.25. The lowest BCUT2D eigenvalue weighted by Crippen LogP contribution is -2.20.